The van der Waals surface area contributed by atoms with Crippen LogP contribution in [0.5, 0.6) is 0 Å². The Morgan fingerprint density at radius 2 is 1.75 bits per heavy atom. The number of nitrogens with zero attached hydrogens (tertiary/aromatic N) is 5. The van der Waals surface area contributed by atoms with Crippen LogP contribution in [0.1, 0.15) is 11.1 Å². The van der Waals surface area contributed by atoms with Crippen molar-refractivity contribution in [2.24, 2.45) is 0 Å². The summed E-state index contributed by atoms with van der Waals surface area (Å²) in [6.45, 7) is 8.04. The van der Waals surface area contributed by atoms with Crippen LogP contribution in [0.2, 0.25) is 0 Å². The molecule has 1 aliphatic rings. The molecule has 3 aromatic rings. The molecule has 0 unspecified atom stereocenters. The van der Waals surface area contributed by atoms with Gasteiger partial charge in [0.2, 0.25) is 4.77 Å². The van der Waals surface area contributed by atoms with Crippen molar-refractivity contribution < 1.29 is 4.39 Å². The van der Waals surface area contributed by atoms with Crippen molar-refractivity contribution in [1.29, 1.82) is 0 Å². The molecule has 1 aliphatic heterocycles. The number of hydrogen-bond donors (Lipinski definition) is 0. The Bertz CT molecular complexity index is 1030. The first-order chi connectivity index (χ1) is 13.5. The molecule has 0 radical (unpaired) electrons. The van der Waals surface area contributed by atoms with E-state index in [1.807, 2.05) is 21.4 Å². The van der Waals surface area contributed by atoms with Crippen LogP contribution in [0.25, 0.3) is 5.69 Å². The third-order valence-electron chi connectivity index (χ3n) is 5.26. The van der Waals surface area contributed by atoms with Crippen LogP contribution in [0.15, 0.2) is 48.8 Å². The van der Waals surface area contributed by atoms with Crippen molar-refractivity contribution in [3.05, 3.63) is 70.5 Å². The van der Waals surface area contributed by atoms with Crippen LogP contribution >= 0.6 is 12.2 Å². The first-order valence-electron chi connectivity index (χ1n) is 9.47. The van der Waals surface area contributed by atoms with Crippen LogP contribution in [-0.2, 0) is 6.67 Å². The minimum atomic E-state index is -0.162. The van der Waals surface area contributed by atoms with Gasteiger partial charge in [-0.2, -0.15) is 5.10 Å². The van der Waals surface area contributed by atoms with Gasteiger partial charge in [-0.1, -0.05) is 24.3 Å². The molecule has 28 heavy (non-hydrogen) atoms. The summed E-state index contributed by atoms with van der Waals surface area (Å²) in [6.07, 6.45) is 1.79. The molecule has 146 valence electrons. The largest absolute Gasteiger partial charge is 0.367 e. The number of anilines is 1. The molecular formula is C21H24FN5S. The number of para-hydroxylation sites is 1. The number of rotatable bonds is 4. The molecule has 0 spiro atoms. The molecule has 4 rings (SSSR count). The maximum Gasteiger partial charge on any atom is 0.203 e. The first kappa shape index (κ1) is 18.8. The van der Waals surface area contributed by atoms with Gasteiger partial charge in [0, 0.05) is 26.2 Å². The number of aromatic nitrogens is 3. The zero-order valence-electron chi connectivity index (χ0n) is 16.2. The standard InChI is InChI=1S/C21H24FN5S/c1-16-7-8-17(2)20(13-16)26-14-23-27(21(26)28)15-24-9-11-25(12-10-24)19-6-4-3-5-18(19)22/h3-8,13-14H,9-12,15H2,1-2H3. The van der Waals surface area contributed by atoms with Gasteiger partial charge in [0.15, 0.2) is 0 Å². The van der Waals surface area contributed by atoms with Gasteiger partial charge in [-0.25, -0.2) is 9.07 Å². The second kappa shape index (κ2) is 7.85. The Morgan fingerprint density at radius 3 is 2.50 bits per heavy atom. The van der Waals surface area contributed by atoms with Crippen molar-refractivity contribution in [2.75, 3.05) is 31.1 Å². The highest BCUT2D eigenvalue weighted by molar-refractivity contribution is 7.71. The van der Waals surface area contributed by atoms with Gasteiger partial charge in [-0.15, -0.1) is 0 Å². The molecule has 2 heterocycles. The molecule has 0 aliphatic carbocycles. The van der Waals surface area contributed by atoms with Crippen LogP contribution in [0, 0.1) is 24.4 Å². The molecular weight excluding hydrogens is 373 g/mol. The predicted molar refractivity (Wildman–Crippen MR) is 112 cm³/mol. The average molecular weight is 398 g/mol. The smallest absolute Gasteiger partial charge is 0.203 e. The number of hydrogen-bond acceptors (Lipinski definition) is 4. The SMILES string of the molecule is Cc1ccc(C)c(-n2cnn(CN3CCN(c4ccccc4F)CC3)c2=S)c1. The summed E-state index contributed by atoms with van der Waals surface area (Å²) < 4.78 is 18.5. The lowest BCUT2D eigenvalue weighted by atomic mass is 10.1. The van der Waals surface area contributed by atoms with Gasteiger partial charge in [0.05, 0.1) is 18.0 Å². The summed E-state index contributed by atoms with van der Waals surface area (Å²) in [7, 11) is 0. The highest BCUT2D eigenvalue weighted by Gasteiger charge is 2.20. The molecule has 0 atom stereocenters. The van der Waals surface area contributed by atoms with Crippen LogP contribution < -0.4 is 4.90 Å². The lowest BCUT2D eigenvalue weighted by Crippen LogP contribution is -2.47. The molecule has 0 amide bonds. The lowest BCUT2D eigenvalue weighted by Gasteiger charge is -2.35. The Hall–Kier alpha value is -2.51. The van der Waals surface area contributed by atoms with Gasteiger partial charge in [-0.05, 0) is 55.4 Å². The van der Waals surface area contributed by atoms with Gasteiger partial charge < -0.3 is 4.90 Å². The lowest BCUT2D eigenvalue weighted by molar-refractivity contribution is 0.194. The van der Waals surface area contributed by atoms with Crippen molar-refractivity contribution in [2.45, 2.75) is 20.5 Å². The van der Waals surface area contributed by atoms with Crippen LogP contribution in [-0.4, -0.2) is 45.4 Å². The summed E-state index contributed by atoms with van der Waals surface area (Å²) in [6, 6.07) is 13.3. The van der Waals surface area contributed by atoms with E-state index in [-0.39, 0.29) is 5.82 Å². The molecule has 0 saturated carbocycles. The number of piperazine rings is 1. The van der Waals surface area contributed by atoms with Gasteiger partial charge in [-0.3, -0.25) is 9.47 Å². The van der Waals surface area contributed by atoms with Gasteiger partial charge in [0.1, 0.15) is 12.1 Å². The first-order valence-corrected chi connectivity index (χ1v) is 9.87. The van der Waals surface area contributed by atoms with Crippen LogP contribution in [0.3, 0.4) is 0 Å². The van der Waals surface area contributed by atoms with Crippen molar-refractivity contribution in [3.63, 3.8) is 0 Å². The summed E-state index contributed by atoms with van der Waals surface area (Å²) in [5, 5.41) is 4.51. The third kappa shape index (κ3) is 3.72. The second-order valence-corrected chi connectivity index (χ2v) is 7.64. The molecule has 1 saturated heterocycles. The summed E-state index contributed by atoms with van der Waals surface area (Å²) in [5.74, 6) is -0.162. The zero-order valence-corrected chi connectivity index (χ0v) is 17.0. The Morgan fingerprint density at radius 1 is 1.00 bits per heavy atom. The van der Waals surface area contributed by atoms with Gasteiger partial charge in [0.25, 0.3) is 0 Å². The zero-order chi connectivity index (χ0) is 19.7. The molecule has 1 fully saturated rings. The summed E-state index contributed by atoms with van der Waals surface area (Å²) in [5.41, 5.74) is 4.11. The summed E-state index contributed by atoms with van der Waals surface area (Å²) in [4.78, 5) is 4.40. The van der Waals surface area contributed by atoms with E-state index >= 15 is 0 Å². The molecule has 1 aromatic heterocycles. The second-order valence-electron chi connectivity index (χ2n) is 7.27. The maximum absolute atomic E-state index is 14.0. The maximum atomic E-state index is 14.0. The molecule has 0 N–H and O–H groups in total. The highest BCUT2D eigenvalue weighted by Crippen LogP contribution is 2.21. The third-order valence-corrected chi connectivity index (χ3v) is 5.66. The fourth-order valence-corrected chi connectivity index (χ4v) is 3.86. The number of aryl methyl sites for hydroxylation is 2. The minimum absolute atomic E-state index is 0.162. The van der Waals surface area contributed by atoms with E-state index in [2.05, 4.69) is 46.9 Å². The van der Waals surface area contributed by atoms with E-state index in [4.69, 9.17) is 12.2 Å². The molecule has 0 bridgehead atoms. The summed E-state index contributed by atoms with van der Waals surface area (Å²) >= 11 is 5.67. The fraction of sp³-hybridized carbons (Fsp3) is 0.333. The van der Waals surface area contributed by atoms with Gasteiger partial charge >= 0.3 is 0 Å². The minimum Gasteiger partial charge on any atom is -0.367 e. The van der Waals surface area contributed by atoms with Crippen molar-refractivity contribution >= 4 is 17.9 Å². The van der Waals surface area contributed by atoms with Crippen LogP contribution in [0.4, 0.5) is 10.1 Å². The topological polar surface area (TPSA) is 29.2 Å². The monoisotopic (exact) mass is 397 g/mol. The Balaban J connectivity index is 1.45. The van der Waals surface area contributed by atoms with Crippen molar-refractivity contribution in [3.8, 4) is 5.69 Å². The molecule has 5 nitrogen and oxygen atoms in total. The molecule has 2 aromatic carbocycles. The number of halogens is 1. The highest BCUT2D eigenvalue weighted by atomic mass is 32.1. The van der Waals surface area contributed by atoms with E-state index in [0.717, 1.165) is 31.9 Å². The average Bonchev–Trinajstić information content (AvgIpc) is 3.05. The Labute approximate surface area is 169 Å². The van der Waals surface area contributed by atoms with E-state index in [1.165, 1.54) is 17.2 Å². The normalized spacial score (nSPS) is 15.2. The fourth-order valence-electron chi connectivity index (χ4n) is 3.61. The predicted octanol–water partition coefficient (Wildman–Crippen LogP) is 3.94. The Kier molecular flexibility index (Phi) is 5.28. The van der Waals surface area contributed by atoms with E-state index in [0.29, 0.717) is 17.1 Å². The van der Waals surface area contributed by atoms with E-state index in [9.17, 15) is 4.39 Å². The number of benzene rings is 2. The van der Waals surface area contributed by atoms with Crippen molar-refractivity contribution in [1.82, 2.24) is 19.2 Å². The van der Waals surface area contributed by atoms with E-state index < -0.39 is 0 Å². The van der Waals surface area contributed by atoms with E-state index in [1.54, 1.807) is 12.4 Å². The quantitative estimate of drug-likeness (QED) is 0.624. The molecule has 7 heteroatoms.